The SMILES string of the molecule is CC1CCN(CCCCNC2CC2)C1. The third-order valence-corrected chi connectivity index (χ3v) is 3.42. The summed E-state index contributed by atoms with van der Waals surface area (Å²) in [5.74, 6) is 0.944. The van der Waals surface area contributed by atoms with Crippen molar-refractivity contribution in [2.45, 2.75) is 45.1 Å². The van der Waals surface area contributed by atoms with Crippen molar-refractivity contribution in [1.29, 1.82) is 0 Å². The van der Waals surface area contributed by atoms with Gasteiger partial charge >= 0.3 is 0 Å². The molecule has 1 saturated heterocycles. The van der Waals surface area contributed by atoms with Gasteiger partial charge in [0.25, 0.3) is 0 Å². The third kappa shape index (κ3) is 3.58. The normalized spacial score (nSPS) is 28.5. The van der Waals surface area contributed by atoms with E-state index in [2.05, 4.69) is 17.1 Å². The van der Waals surface area contributed by atoms with Crippen LogP contribution < -0.4 is 5.32 Å². The molecule has 1 saturated carbocycles. The average Bonchev–Trinajstić information content (AvgIpc) is 2.89. The molecule has 82 valence electrons. The van der Waals surface area contributed by atoms with Gasteiger partial charge in [0.2, 0.25) is 0 Å². The van der Waals surface area contributed by atoms with Gasteiger partial charge in [0.1, 0.15) is 0 Å². The highest BCUT2D eigenvalue weighted by molar-refractivity contribution is 4.80. The van der Waals surface area contributed by atoms with Crippen LogP contribution >= 0.6 is 0 Å². The Morgan fingerprint density at radius 3 is 2.71 bits per heavy atom. The molecule has 2 rings (SSSR count). The fourth-order valence-electron chi connectivity index (χ4n) is 2.28. The Bertz CT molecular complexity index is 166. The Balaban J connectivity index is 1.42. The van der Waals surface area contributed by atoms with Crippen LogP contribution in [0.25, 0.3) is 0 Å². The van der Waals surface area contributed by atoms with Crippen molar-refractivity contribution in [1.82, 2.24) is 10.2 Å². The molecule has 1 N–H and O–H groups in total. The van der Waals surface area contributed by atoms with Crippen LogP contribution in [-0.2, 0) is 0 Å². The van der Waals surface area contributed by atoms with E-state index < -0.39 is 0 Å². The van der Waals surface area contributed by atoms with Crippen LogP contribution in [-0.4, -0.2) is 37.1 Å². The molecule has 0 aromatic carbocycles. The molecule has 0 radical (unpaired) electrons. The third-order valence-electron chi connectivity index (χ3n) is 3.42. The van der Waals surface area contributed by atoms with Gasteiger partial charge in [0.15, 0.2) is 0 Å². The zero-order valence-corrected chi connectivity index (χ0v) is 9.47. The maximum absolute atomic E-state index is 3.57. The lowest BCUT2D eigenvalue weighted by Gasteiger charge is -2.14. The number of likely N-dealkylation sites (tertiary alicyclic amines) is 1. The van der Waals surface area contributed by atoms with E-state index in [0.717, 1.165) is 12.0 Å². The first kappa shape index (κ1) is 10.4. The lowest BCUT2D eigenvalue weighted by atomic mass is 10.2. The largest absolute Gasteiger partial charge is 0.314 e. The quantitative estimate of drug-likeness (QED) is 0.652. The highest BCUT2D eigenvalue weighted by Crippen LogP contribution is 2.18. The van der Waals surface area contributed by atoms with Gasteiger partial charge in [-0.25, -0.2) is 0 Å². The predicted molar refractivity (Wildman–Crippen MR) is 60.5 cm³/mol. The zero-order valence-electron chi connectivity index (χ0n) is 9.47. The Hall–Kier alpha value is -0.0800. The molecule has 1 heterocycles. The van der Waals surface area contributed by atoms with Crippen LogP contribution in [0, 0.1) is 5.92 Å². The molecule has 0 aromatic heterocycles. The molecule has 0 bridgehead atoms. The number of nitrogens with one attached hydrogen (secondary N) is 1. The fourth-order valence-corrected chi connectivity index (χ4v) is 2.28. The van der Waals surface area contributed by atoms with Crippen molar-refractivity contribution >= 4 is 0 Å². The second kappa shape index (κ2) is 5.13. The van der Waals surface area contributed by atoms with Gasteiger partial charge in [0, 0.05) is 12.6 Å². The van der Waals surface area contributed by atoms with Crippen LogP contribution in [0.1, 0.15) is 39.0 Å². The molecule has 14 heavy (non-hydrogen) atoms. The smallest absolute Gasteiger partial charge is 0.00682 e. The summed E-state index contributed by atoms with van der Waals surface area (Å²) in [6.07, 6.45) is 7.00. The number of unbranched alkanes of at least 4 members (excludes halogenated alkanes) is 1. The number of hydrogen-bond acceptors (Lipinski definition) is 2. The lowest BCUT2D eigenvalue weighted by Crippen LogP contribution is -2.23. The second-order valence-electron chi connectivity index (χ2n) is 5.13. The summed E-state index contributed by atoms with van der Waals surface area (Å²) in [6.45, 7) is 7.63. The van der Waals surface area contributed by atoms with Crippen LogP contribution in [0.5, 0.6) is 0 Å². The first-order valence-corrected chi connectivity index (χ1v) is 6.30. The van der Waals surface area contributed by atoms with E-state index >= 15 is 0 Å². The predicted octanol–water partition coefficient (Wildman–Crippen LogP) is 1.86. The molecular formula is C12H24N2. The minimum Gasteiger partial charge on any atom is -0.314 e. The number of nitrogens with zero attached hydrogens (tertiary/aromatic N) is 1. The molecule has 1 aliphatic heterocycles. The summed E-state index contributed by atoms with van der Waals surface area (Å²) in [5.41, 5.74) is 0. The standard InChI is InChI=1S/C12H24N2/c1-11-6-9-14(10-11)8-3-2-7-13-12-4-5-12/h11-13H,2-10H2,1H3. The van der Waals surface area contributed by atoms with Crippen molar-refractivity contribution in [2.75, 3.05) is 26.2 Å². The molecule has 2 nitrogen and oxygen atoms in total. The lowest BCUT2D eigenvalue weighted by molar-refractivity contribution is 0.319. The monoisotopic (exact) mass is 196 g/mol. The fraction of sp³-hybridized carbons (Fsp3) is 1.00. The van der Waals surface area contributed by atoms with Crippen LogP contribution in [0.2, 0.25) is 0 Å². The van der Waals surface area contributed by atoms with Crippen molar-refractivity contribution in [3.05, 3.63) is 0 Å². The van der Waals surface area contributed by atoms with E-state index in [9.17, 15) is 0 Å². The Morgan fingerprint density at radius 1 is 1.21 bits per heavy atom. The molecule has 2 heteroatoms. The molecule has 2 aliphatic rings. The van der Waals surface area contributed by atoms with Gasteiger partial charge in [-0.15, -0.1) is 0 Å². The first-order chi connectivity index (χ1) is 6.84. The minimum absolute atomic E-state index is 0.891. The highest BCUT2D eigenvalue weighted by Gasteiger charge is 2.20. The zero-order chi connectivity index (χ0) is 9.80. The number of rotatable bonds is 6. The van der Waals surface area contributed by atoms with Crippen molar-refractivity contribution < 1.29 is 0 Å². The molecule has 1 aliphatic carbocycles. The van der Waals surface area contributed by atoms with E-state index in [1.807, 2.05) is 0 Å². The van der Waals surface area contributed by atoms with Gasteiger partial charge < -0.3 is 10.2 Å². The van der Waals surface area contributed by atoms with Crippen LogP contribution in [0.4, 0.5) is 0 Å². The van der Waals surface area contributed by atoms with Crippen molar-refractivity contribution in [3.8, 4) is 0 Å². The van der Waals surface area contributed by atoms with Gasteiger partial charge in [-0.2, -0.15) is 0 Å². The summed E-state index contributed by atoms with van der Waals surface area (Å²) >= 11 is 0. The van der Waals surface area contributed by atoms with Gasteiger partial charge in [-0.3, -0.25) is 0 Å². The Kier molecular flexibility index (Phi) is 3.82. The summed E-state index contributed by atoms with van der Waals surface area (Å²) in [4.78, 5) is 2.63. The maximum Gasteiger partial charge on any atom is 0.00682 e. The van der Waals surface area contributed by atoms with E-state index in [0.29, 0.717) is 0 Å². The van der Waals surface area contributed by atoms with Crippen LogP contribution in [0.3, 0.4) is 0 Å². The van der Waals surface area contributed by atoms with E-state index in [-0.39, 0.29) is 0 Å². The summed E-state index contributed by atoms with van der Waals surface area (Å²) in [5, 5.41) is 3.57. The average molecular weight is 196 g/mol. The van der Waals surface area contributed by atoms with Gasteiger partial charge in [0.05, 0.1) is 0 Å². The summed E-state index contributed by atoms with van der Waals surface area (Å²) in [7, 11) is 0. The molecule has 0 amide bonds. The van der Waals surface area contributed by atoms with E-state index in [1.165, 1.54) is 58.3 Å². The van der Waals surface area contributed by atoms with E-state index in [1.54, 1.807) is 0 Å². The first-order valence-electron chi connectivity index (χ1n) is 6.30. The molecular weight excluding hydrogens is 172 g/mol. The Labute approximate surface area is 88.1 Å². The molecule has 0 spiro atoms. The number of hydrogen-bond donors (Lipinski definition) is 1. The second-order valence-corrected chi connectivity index (χ2v) is 5.13. The molecule has 1 unspecified atom stereocenters. The minimum atomic E-state index is 0.891. The Morgan fingerprint density at radius 2 is 2.07 bits per heavy atom. The van der Waals surface area contributed by atoms with Crippen molar-refractivity contribution in [3.63, 3.8) is 0 Å². The summed E-state index contributed by atoms with van der Waals surface area (Å²) in [6, 6.07) is 0.891. The van der Waals surface area contributed by atoms with E-state index in [4.69, 9.17) is 0 Å². The van der Waals surface area contributed by atoms with Gasteiger partial charge in [-0.1, -0.05) is 6.92 Å². The maximum atomic E-state index is 3.57. The molecule has 1 atom stereocenters. The van der Waals surface area contributed by atoms with Gasteiger partial charge in [-0.05, 0) is 57.7 Å². The molecule has 2 fully saturated rings. The van der Waals surface area contributed by atoms with Crippen LogP contribution in [0.15, 0.2) is 0 Å². The highest BCUT2D eigenvalue weighted by atomic mass is 15.1. The summed E-state index contributed by atoms with van der Waals surface area (Å²) < 4.78 is 0. The molecule has 0 aromatic rings. The van der Waals surface area contributed by atoms with Crippen molar-refractivity contribution in [2.24, 2.45) is 5.92 Å². The topological polar surface area (TPSA) is 15.3 Å².